The second kappa shape index (κ2) is 11.8. The lowest BCUT2D eigenvalue weighted by Gasteiger charge is -2.32. The molecule has 0 aliphatic carbocycles. The molecule has 2 aliphatic heterocycles. The minimum absolute atomic E-state index is 0.215. The second-order valence-corrected chi connectivity index (χ2v) is 11.6. The minimum atomic E-state index is -0.624. The van der Waals surface area contributed by atoms with Crippen LogP contribution in [0.2, 0.25) is 0 Å². The van der Waals surface area contributed by atoms with Crippen LogP contribution in [0, 0.1) is 13.8 Å². The number of hydrogen-bond donors (Lipinski definition) is 2. The Morgan fingerprint density at radius 1 is 1.09 bits per heavy atom. The molecule has 0 spiro atoms. The number of nitrogens with one attached hydrogen (secondary N) is 1. The third-order valence-corrected chi connectivity index (χ3v) is 8.77. The van der Waals surface area contributed by atoms with Crippen molar-refractivity contribution in [2.75, 3.05) is 46.9 Å². The number of piperazine rings is 1. The number of ketones is 1. The van der Waals surface area contributed by atoms with Gasteiger partial charge < -0.3 is 30.0 Å². The monoisotopic (exact) mass is 597 g/mol. The van der Waals surface area contributed by atoms with Crippen LogP contribution in [0.1, 0.15) is 32.9 Å². The van der Waals surface area contributed by atoms with Crippen LogP contribution in [0.3, 0.4) is 0 Å². The fourth-order valence-corrected chi connectivity index (χ4v) is 6.23. The number of urea groups is 1. The summed E-state index contributed by atoms with van der Waals surface area (Å²) in [5.41, 5.74) is 12.4. The fraction of sp³-hybridized carbons (Fsp3) is 0.364. The van der Waals surface area contributed by atoms with Crippen LogP contribution in [0.25, 0.3) is 28.2 Å². The van der Waals surface area contributed by atoms with Crippen LogP contribution in [0.5, 0.6) is 11.5 Å². The number of methoxy groups -OCH3 is 1. The van der Waals surface area contributed by atoms with E-state index in [2.05, 4.69) is 39.7 Å². The average molecular weight is 598 g/mol. The molecule has 0 unspecified atom stereocenters. The number of carbonyl (C=O) groups is 2. The summed E-state index contributed by atoms with van der Waals surface area (Å²) in [5.74, 6) is 1.23. The number of fused-ring (bicyclic) bond motifs is 2. The molecule has 11 nitrogen and oxygen atoms in total. The van der Waals surface area contributed by atoms with Crippen LogP contribution in [-0.2, 0) is 20.1 Å². The van der Waals surface area contributed by atoms with Crippen molar-refractivity contribution in [1.82, 2.24) is 29.5 Å². The Morgan fingerprint density at radius 3 is 2.55 bits per heavy atom. The van der Waals surface area contributed by atoms with E-state index < -0.39 is 6.03 Å². The highest BCUT2D eigenvalue weighted by molar-refractivity contribution is 6.16. The van der Waals surface area contributed by atoms with Crippen molar-refractivity contribution in [2.24, 2.45) is 12.8 Å². The summed E-state index contributed by atoms with van der Waals surface area (Å²) in [4.78, 5) is 29.8. The van der Waals surface area contributed by atoms with E-state index in [1.54, 1.807) is 19.2 Å². The van der Waals surface area contributed by atoms with E-state index in [4.69, 9.17) is 20.3 Å². The number of hydrogen-bond acceptors (Lipinski definition) is 7. The molecule has 4 heterocycles. The lowest BCUT2D eigenvalue weighted by Crippen LogP contribution is -2.45. The zero-order valence-electron chi connectivity index (χ0n) is 25.9. The molecule has 44 heavy (non-hydrogen) atoms. The number of carbonyl (C=O) groups excluding carboxylic acids is 2. The van der Waals surface area contributed by atoms with Gasteiger partial charge >= 0.3 is 6.03 Å². The van der Waals surface area contributed by atoms with Crippen LogP contribution < -0.4 is 20.5 Å². The van der Waals surface area contributed by atoms with Gasteiger partial charge in [0.25, 0.3) is 0 Å². The normalized spacial score (nSPS) is 16.5. The summed E-state index contributed by atoms with van der Waals surface area (Å²) in [6.07, 6.45) is 1.86. The Bertz CT molecular complexity index is 1790. The van der Waals surface area contributed by atoms with Gasteiger partial charge in [0.05, 0.1) is 24.1 Å². The molecule has 0 radical (unpaired) electrons. The van der Waals surface area contributed by atoms with E-state index in [0.29, 0.717) is 11.3 Å². The minimum Gasteiger partial charge on any atom is -0.497 e. The number of aromatic nitrogens is 3. The highest BCUT2D eigenvalue weighted by Gasteiger charge is 2.30. The average Bonchev–Trinajstić information content (AvgIpc) is 3.58. The Kier molecular flexibility index (Phi) is 7.91. The molecular formula is C33H39N7O4. The summed E-state index contributed by atoms with van der Waals surface area (Å²) >= 11 is 0. The van der Waals surface area contributed by atoms with Crippen molar-refractivity contribution in [3.05, 3.63) is 70.2 Å². The van der Waals surface area contributed by atoms with E-state index in [1.807, 2.05) is 42.9 Å². The zero-order chi connectivity index (χ0) is 31.1. The largest absolute Gasteiger partial charge is 0.497 e. The quantitative estimate of drug-likeness (QED) is 0.297. The number of likely N-dealkylation sites (N-methyl/N-ethyl adjacent to an activating group) is 1. The van der Waals surface area contributed by atoms with Crippen molar-refractivity contribution < 1.29 is 19.1 Å². The number of ether oxygens (including phenoxy) is 2. The van der Waals surface area contributed by atoms with Gasteiger partial charge in [-0.3, -0.25) is 14.4 Å². The number of nitrogens with zero attached hydrogens (tertiary/aromatic N) is 5. The molecule has 2 aromatic heterocycles. The molecule has 3 N–H and O–H groups in total. The molecule has 6 rings (SSSR count). The molecule has 230 valence electrons. The lowest BCUT2D eigenvalue weighted by molar-refractivity contribution is 0.101. The topological polar surface area (TPSA) is 120 Å². The lowest BCUT2D eigenvalue weighted by atomic mass is 10.0. The standard InChI is InChI=1S/C33H39N7O4/c1-20-30(21(2)38(4)36-20)31-25(18-29-32(41)26-16-22(19-35-33(34)42)6-9-28(26)44-29)24-17-23(43-5)7-8-27(24)40(31)15-14-39-12-10-37(3)11-13-39/h6-9,16-18H,10-15,19H2,1-5H3,(H3,34,35,42). The molecular weight excluding hydrogens is 558 g/mol. The van der Waals surface area contributed by atoms with Crippen LogP contribution in [-0.4, -0.2) is 82.8 Å². The molecule has 0 saturated carbocycles. The SMILES string of the molecule is COc1ccc2c(c1)c(C=C1Oc3ccc(CNC(N)=O)cc3C1=O)c(-c1c(C)nn(C)c1C)n2CCN1CCN(C)CC1. The first-order valence-electron chi connectivity index (χ1n) is 14.9. The molecule has 1 fully saturated rings. The van der Waals surface area contributed by atoms with Crippen LogP contribution in [0.15, 0.2) is 42.2 Å². The van der Waals surface area contributed by atoms with E-state index >= 15 is 0 Å². The molecule has 2 aromatic carbocycles. The van der Waals surface area contributed by atoms with E-state index in [-0.39, 0.29) is 18.1 Å². The Morgan fingerprint density at radius 2 is 1.86 bits per heavy atom. The molecule has 2 amide bonds. The third-order valence-electron chi connectivity index (χ3n) is 8.77. The summed E-state index contributed by atoms with van der Waals surface area (Å²) in [6.45, 7) is 10.1. The predicted molar refractivity (Wildman–Crippen MR) is 170 cm³/mol. The fourth-order valence-electron chi connectivity index (χ4n) is 6.23. The first kappa shape index (κ1) is 29.5. The number of nitrogens with two attached hydrogens (primary N) is 1. The van der Waals surface area contributed by atoms with Gasteiger partial charge in [0, 0.05) is 80.6 Å². The molecule has 0 bridgehead atoms. The van der Waals surface area contributed by atoms with Gasteiger partial charge in [-0.05, 0) is 62.9 Å². The number of benzene rings is 2. The first-order valence-corrected chi connectivity index (χ1v) is 14.9. The highest BCUT2D eigenvalue weighted by atomic mass is 16.5. The molecule has 1 saturated heterocycles. The predicted octanol–water partition coefficient (Wildman–Crippen LogP) is 3.70. The third kappa shape index (κ3) is 5.44. The van der Waals surface area contributed by atoms with Crippen molar-refractivity contribution in [1.29, 1.82) is 0 Å². The first-order chi connectivity index (χ1) is 21.1. The van der Waals surface area contributed by atoms with Gasteiger partial charge in [0.2, 0.25) is 5.78 Å². The van der Waals surface area contributed by atoms with Gasteiger partial charge in [-0.1, -0.05) is 6.07 Å². The molecule has 0 atom stereocenters. The number of primary amides is 1. The molecule has 11 heteroatoms. The maximum atomic E-state index is 13.7. The Balaban J connectivity index is 1.49. The van der Waals surface area contributed by atoms with Crippen LogP contribution in [0.4, 0.5) is 4.79 Å². The summed E-state index contributed by atoms with van der Waals surface area (Å²) in [5, 5.41) is 8.29. The van der Waals surface area contributed by atoms with E-state index in [1.165, 1.54) is 0 Å². The van der Waals surface area contributed by atoms with Gasteiger partial charge in [-0.2, -0.15) is 5.10 Å². The second-order valence-electron chi connectivity index (χ2n) is 11.6. The number of Topliss-reactive ketones (excluding diaryl/α,β-unsaturated/α-hetero) is 1. The van der Waals surface area contributed by atoms with Gasteiger partial charge in [0.15, 0.2) is 5.76 Å². The van der Waals surface area contributed by atoms with Crippen molar-refractivity contribution in [3.63, 3.8) is 0 Å². The summed E-state index contributed by atoms with van der Waals surface area (Å²) in [6, 6.07) is 10.8. The number of aryl methyl sites for hydroxylation is 2. The molecule has 4 aromatic rings. The number of allylic oxidation sites excluding steroid dienone is 1. The molecule has 2 aliphatic rings. The zero-order valence-corrected chi connectivity index (χ0v) is 25.9. The van der Waals surface area contributed by atoms with Gasteiger partial charge in [-0.15, -0.1) is 0 Å². The van der Waals surface area contributed by atoms with E-state index in [0.717, 1.165) is 89.7 Å². The van der Waals surface area contributed by atoms with Gasteiger partial charge in [0.1, 0.15) is 11.5 Å². The van der Waals surface area contributed by atoms with Crippen molar-refractivity contribution in [3.8, 4) is 22.8 Å². The maximum Gasteiger partial charge on any atom is 0.312 e. The number of amides is 2. The van der Waals surface area contributed by atoms with Crippen molar-refractivity contribution in [2.45, 2.75) is 26.9 Å². The smallest absolute Gasteiger partial charge is 0.312 e. The maximum absolute atomic E-state index is 13.7. The number of rotatable bonds is 8. The highest BCUT2D eigenvalue weighted by Crippen LogP contribution is 2.41. The van der Waals surface area contributed by atoms with Crippen molar-refractivity contribution >= 4 is 28.8 Å². The Labute approximate surface area is 256 Å². The van der Waals surface area contributed by atoms with Crippen LogP contribution >= 0.6 is 0 Å². The van der Waals surface area contributed by atoms with E-state index in [9.17, 15) is 9.59 Å². The Hall–Kier alpha value is -4.61. The summed E-state index contributed by atoms with van der Waals surface area (Å²) < 4.78 is 16.1. The summed E-state index contributed by atoms with van der Waals surface area (Å²) in [7, 11) is 5.78. The van der Waals surface area contributed by atoms with Gasteiger partial charge in [-0.25, -0.2) is 4.79 Å².